The molecule has 4 heteroatoms. The van der Waals surface area contributed by atoms with Gasteiger partial charge >= 0.3 is 0 Å². The van der Waals surface area contributed by atoms with Gasteiger partial charge in [-0.25, -0.2) is 0 Å². The van der Waals surface area contributed by atoms with Crippen LogP contribution in [0, 0.1) is 0 Å². The fraction of sp³-hybridized carbons (Fsp3) is 1.00. The zero-order valence-corrected chi connectivity index (χ0v) is 12.0. The standard InChI is InChI=1S/C8H22OSSi2/c1-7-12(10,9-8(2)3)11(4,5)6/h8,10H,7H2,1-6H3. The van der Waals surface area contributed by atoms with Crippen LogP contribution in [0.25, 0.3) is 0 Å². The van der Waals surface area contributed by atoms with E-state index in [0.29, 0.717) is 6.10 Å². The molecular weight excluding hydrogens is 200 g/mol. The number of rotatable bonds is 4. The Morgan fingerprint density at radius 1 is 1.25 bits per heavy atom. The third kappa shape index (κ3) is 3.24. The molecule has 0 rings (SSSR count). The van der Waals surface area contributed by atoms with E-state index in [1.165, 1.54) is 0 Å². The van der Waals surface area contributed by atoms with Gasteiger partial charge in [-0.2, -0.15) is 12.1 Å². The van der Waals surface area contributed by atoms with Crippen LogP contribution in [0.15, 0.2) is 0 Å². The van der Waals surface area contributed by atoms with Crippen LogP contribution < -0.4 is 0 Å². The van der Waals surface area contributed by atoms with Gasteiger partial charge < -0.3 is 4.43 Å². The molecule has 74 valence electrons. The highest BCUT2D eigenvalue weighted by Gasteiger charge is 2.44. The molecule has 0 aliphatic rings. The van der Waals surface area contributed by atoms with Crippen molar-refractivity contribution in [3.8, 4) is 0 Å². The monoisotopic (exact) mass is 222 g/mol. The second-order valence-electron chi connectivity index (χ2n) is 4.55. The van der Waals surface area contributed by atoms with Crippen molar-refractivity contribution in [2.24, 2.45) is 0 Å². The van der Waals surface area contributed by atoms with Crippen LogP contribution in [0.5, 0.6) is 0 Å². The van der Waals surface area contributed by atoms with E-state index < -0.39 is 14.6 Å². The lowest BCUT2D eigenvalue weighted by Crippen LogP contribution is -2.56. The zero-order valence-electron chi connectivity index (χ0n) is 9.14. The number of thiol groups is 1. The summed E-state index contributed by atoms with van der Waals surface area (Å²) in [6, 6.07) is 1.13. The van der Waals surface area contributed by atoms with Gasteiger partial charge in [-0.1, -0.05) is 26.6 Å². The molecule has 0 radical (unpaired) electrons. The minimum atomic E-state index is -1.65. The molecule has 0 saturated carbocycles. The van der Waals surface area contributed by atoms with Crippen LogP contribution in [-0.4, -0.2) is 20.7 Å². The predicted molar refractivity (Wildman–Crippen MR) is 64.8 cm³/mol. The summed E-state index contributed by atoms with van der Waals surface area (Å²) < 4.78 is 6.02. The average Bonchev–Trinajstić information content (AvgIpc) is 1.83. The SMILES string of the molecule is CC[Si](S)(OC(C)C)[Si](C)(C)C. The summed E-state index contributed by atoms with van der Waals surface area (Å²) in [5.74, 6) is 0. The Morgan fingerprint density at radius 2 is 1.67 bits per heavy atom. The normalized spacial score (nSPS) is 18.0. The van der Waals surface area contributed by atoms with Crippen molar-refractivity contribution in [1.29, 1.82) is 0 Å². The van der Waals surface area contributed by atoms with Gasteiger partial charge in [0, 0.05) is 6.10 Å². The molecule has 0 aromatic heterocycles. The molecule has 0 N–H and O–H groups in total. The summed E-state index contributed by atoms with van der Waals surface area (Å²) in [5.41, 5.74) is 0. The maximum atomic E-state index is 6.02. The van der Waals surface area contributed by atoms with Crippen molar-refractivity contribution in [2.45, 2.75) is 52.6 Å². The van der Waals surface area contributed by atoms with Gasteiger partial charge in [-0.3, -0.25) is 0 Å². The van der Waals surface area contributed by atoms with Gasteiger partial charge in [0.05, 0.1) is 7.59 Å². The van der Waals surface area contributed by atoms with Crippen molar-refractivity contribution in [1.82, 2.24) is 0 Å². The van der Waals surface area contributed by atoms with Gasteiger partial charge in [0.15, 0.2) is 0 Å². The summed E-state index contributed by atoms with van der Waals surface area (Å²) >= 11 is 4.82. The highest BCUT2D eigenvalue weighted by molar-refractivity contribution is 8.21. The predicted octanol–water partition coefficient (Wildman–Crippen LogP) is 3.22. The lowest BCUT2D eigenvalue weighted by molar-refractivity contribution is 0.246. The average molecular weight is 223 g/mol. The van der Waals surface area contributed by atoms with E-state index >= 15 is 0 Å². The van der Waals surface area contributed by atoms with Gasteiger partial charge in [0.1, 0.15) is 0 Å². The summed E-state index contributed by atoms with van der Waals surface area (Å²) in [5, 5.41) is 0. The topological polar surface area (TPSA) is 9.23 Å². The minimum Gasteiger partial charge on any atom is -0.408 e. The number of hydrogen-bond donors (Lipinski definition) is 1. The molecule has 1 nitrogen and oxygen atoms in total. The Hall–Kier alpha value is 0.744. The third-order valence-electron chi connectivity index (χ3n) is 2.08. The fourth-order valence-electron chi connectivity index (χ4n) is 1.18. The molecule has 0 heterocycles. The Balaban J connectivity index is 4.46. The molecule has 0 amide bonds. The van der Waals surface area contributed by atoms with Crippen molar-refractivity contribution in [3.05, 3.63) is 0 Å². The first-order valence-corrected chi connectivity index (χ1v) is 12.5. The van der Waals surface area contributed by atoms with E-state index in [9.17, 15) is 0 Å². The maximum Gasteiger partial charge on any atom is 0.234 e. The first kappa shape index (κ1) is 12.7. The Bertz CT molecular complexity index is 144. The van der Waals surface area contributed by atoms with Crippen molar-refractivity contribution >= 4 is 26.7 Å². The van der Waals surface area contributed by atoms with E-state index in [1.807, 2.05) is 0 Å². The van der Waals surface area contributed by atoms with E-state index in [-0.39, 0.29) is 0 Å². The van der Waals surface area contributed by atoms with Gasteiger partial charge in [0.2, 0.25) is 6.98 Å². The summed E-state index contributed by atoms with van der Waals surface area (Å²) in [4.78, 5) is 0. The Labute approximate surface area is 83.9 Å². The Kier molecular flexibility index (Phi) is 4.57. The maximum absolute atomic E-state index is 6.02. The molecule has 0 aromatic rings. The second-order valence-corrected chi connectivity index (χ2v) is 21.9. The highest BCUT2D eigenvalue weighted by atomic mass is 32.3. The lowest BCUT2D eigenvalue weighted by Gasteiger charge is -2.37. The smallest absolute Gasteiger partial charge is 0.234 e. The Morgan fingerprint density at radius 3 is 1.75 bits per heavy atom. The zero-order chi connectivity index (χ0) is 9.99. The first-order valence-electron chi connectivity index (χ1n) is 4.63. The van der Waals surface area contributed by atoms with Crippen LogP contribution in [0.4, 0.5) is 0 Å². The number of hydrogen-bond acceptors (Lipinski definition) is 2. The van der Waals surface area contributed by atoms with Crippen LogP contribution in [0.1, 0.15) is 20.8 Å². The lowest BCUT2D eigenvalue weighted by atomic mass is 10.5. The van der Waals surface area contributed by atoms with Gasteiger partial charge in [-0.05, 0) is 19.9 Å². The molecule has 0 aromatic carbocycles. The molecule has 0 saturated heterocycles. The van der Waals surface area contributed by atoms with Crippen LogP contribution in [0.2, 0.25) is 25.7 Å². The third-order valence-corrected chi connectivity index (χ3v) is 22.0. The van der Waals surface area contributed by atoms with Crippen LogP contribution in [-0.2, 0) is 4.43 Å². The van der Waals surface area contributed by atoms with E-state index in [1.54, 1.807) is 0 Å². The molecule has 1 unspecified atom stereocenters. The first-order chi connectivity index (χ1) is 5.23. The second kappa shape index (κ2) is 4.31. The van der Waals surface area contributed by atoms with E-state index in [4.69, 9.17) is 16.5 Å². The molecule has 0 aliphatic carbocycles. The molecule has 12 heavy (non-hydrogen) atoms. The molecule has 0 bridgehead atoms. The summed E-state index contributed by atoms with van der Waals surface area (Å²) in [6.45, 7) is 11.8. The van der Waals surface area contributed by atoms with Gasteiger partial charge in [-0.15, -0.1) is 0 Å². The van der Waals surface area contributed by atoms with Crippen molar-refractivity contribution in [2.75, 3.05) is 0 Å². The molecular formula is C8H22OSSi2. The van der Waals surface area contributed by atoms with Gasteiger partial charge in [0.25, 0.3) is 0 Å². The molecule has 0 fully saturated rings. The quantitative estimate of drug-likeness (QED) is 0.568. The van der Waals surface area contributed by atoms with E-state index in [2.05, 4.69) is 40.4 Å². The largest absolute Gasteiger partial charge is 0.408 e. The van der Waals surface area contributed by atoms with Crippen LogP contribution >= 0.6 is 12.1 Å². The van der Waals surface area contributed by atoms with Crippen LogP contribution in [0.3, 0.4) is 0 Å². The molecule has 0 aliphatic heterocycles. The van der Waals surface area contributed by atoms with Crippen molar-refractivity contribution in [3.63, 3.8) is 0 Å². The molecule has 0 spiro atoms. The summed E-state index contributed by atoms with van der Waals surface area (Å²) in [7, 11) is -1.19. The van der Waals surface area contributed by atoms with Crippen molar-refractivity contribution < 1.29 is 4.43 Å². The minimum absolute atomic E-state index is 0.334. The summed E-state index contributed by atoms with van der Waals surface area (Å²) in [6.07, 6.45) is 0.334. The highest BCUT2D eigenvalue weighted by Crippen LogP contribution is 2.28. The molecule has 1 atom stereocenters. The van der Waals surface area contributed by atoms with E-state index in [0.717, 1.165) is 6.04 Å². The fourth-order valence-corrected chi connectivity index (χ4v) is 9.12.